The molecule has 0 atom stereocenters. The van der Waals surface area contributed by atoms with Crippen LogP contribution in [0, 0.1) is 0 Å². The van der Waals surface area contributed by atoms with Gasteiger partial charge in [-0.1, -0.05) is 36.4 Å². The lowest BCUT2D eigenvalue weighted by Crippen LogP contribution is -1.93. The van der Waals surface area contributed by atoms with E-state index in [4.69, 9.17) is 0 Å². The molecule has 3 rings (SSSR count). The van der Waals surface area contributed by atoms with Crippen LogP contribution in [0.25, 0.3) is 10.8 Å². The number of hydrogen-bond donors (Lipinski definition) is 1. The number of fused-ring (bicyclic) bond motifs is 1. The fourth-order valence-corrected chi connectivity index (χ4v) is 2.24. The Hall–Kier alpha value is -1.87. The summed E-state index contributed by atoms with van der Waals surface area (Å²) in [5.74, 6) is 0.833. The highest BCUT2D eigenvalue weighted by molar-refractivity contribution is 9.10. The summed E-state index contributed by atoms with van der Waals surface area (Å²) < 4.78 is 0.827. The van der Waals surface area contributed by atoms with Crippen LogP contribution in [-0.2, 0) is 0 Å². The molecule has 2 nitrogen and oxygen atoms in total. The Kier molecular flexibility index (Phi) is 2.99. The molecule has 1 heterocycles. The topological polar surface area (TPSA) is 24.9 Å². The summed E-state index contributed by atoms with van der Waals surface area (Å²) in [6.07, 6.45) is 0. The molecule has 2 aromatic carbocycles. The number of rotatable bonds is 2. The van der Waals surface area contributed by atoms with Gasteiger partial charge in [-0.15, -0.1) is 0 Å². The van der Waals surface area contributed by atoms with E-state index in [0.29, 0.717) is 0 Å². The lowest BCUT2D eigenvalue weighted by atomic mass is 10.1. The van der Waals surface area contributed by atoms with Crippen LogP contribution in [0.1, 0.15) is 0 Å². The first-order valence-electron chi connectivity index (χ1n) is 5.70. The number of nitrogens with zero attached hydrogens (tertiary/aromatic N) is 1. The van der Waals surface area contributed by atoms with Crippen LogP contribution in [0.4, 0.5) is 11.5 Å². The number of benzene rings is 2. The standard InChI is InChI=1S/C15H11BrN2/c16-14-6-3-7-15(18-14)17-13-9-8-11-4-1-2-5-12(11)10-13/h1-10H,(H,17,18). The second-order valence-electron chi connectivity index (χ2n) is 4.03. The minimum Gasteiger partial charge on any atom is -0.340 e. The van der Waals surface area contributed by atoms with Crippen molar-refractivity contribution in [1.82, 2.24) is 4.98 Å². The smallest absolute Gasteiger partial charge is 0.131 e. The van der Waals surface area contributed by atoms with Crippen molar-refractivity contribution in [1.29, 1.82) is 0 Å². The van der Waals surface area contributed by atoms with Crippen LogP contribution in [0.2, 0.25) is 0 Å². The zero-order chi connectivity index (χ0) is 12.4. The van der Waals surface area contributed by atoms with Gasteiger partial charge in [-0.05, 0) is 51.0 Å². The number of pyridine rings is 1. The van der Waals surface area contributed by atoms with Crippen molar-refractivity contribution in [2.75, 3.05) is 5.32 Å². The summed E-state index contributed by atoms with van der Waals surface area (Å²) in [6, 6.07) is 20.4. The van der Waals surface area contributed by atoms with Crippen molar-refractivity contribution in [3.05, 3.63) is 65.3 Å². The second-order valence-corrected chi connectivity index (χ2v) is 4.84. The summed E-state index contributed by atoms with van der Waals surface area (Å²) in [6.45, 7) is 0. The molecule has 0 aliphatic carbocycles. The van der Waals surface area contributed by atoms with Gasteiger partial charge in [0.1, 0.15) is 10.4 Å². The molecule has 0 aliphatic heterocycles. The quantitative estimate of drug-likeness (QED) is 0.691. The van der Waals surface area contributed by atoms with E-state index in [2.05, 4.69) is 56.6 Å². The van der Waals surface area contributed by atoms with Gasteiger partial charge in [0.05, 0.1) is 0 Å². The monoisotopic (exact) mass is 298 g/mol. The molecule has 0 amide bonds. The van der Waals surface area contributed by atoms with Crippen molar-refractivity contribution in [3.8, 4) is 0 Å². The molecule has 0 bridgehead atoms. The van der Waals surface area contributed by atoms with E-state index in [1.807, 2.05) is 30.3 Å². The zero-order valence-corrected chi connectivity index (χ0v) is 11.2. The third kappa shape index (κ3) is 2.36. The van der Waals surface area contributed by atoms with Crippen molar-refractivity contribution in [2.45, 2.75) is 0 Å². The summed E-state index contributed by atoms with van der Waals surface area (Å²) in [5.41, 5.74) is 1.04. The SMILES string of the molecule is Brc1cccc(Nc2ccc3ccccc3c2)n1. The van der Waals surface area contributed by atoms with E-state index in [-0.39, 0.29) is 0 Å². The maximum absolute atomic E-state index is 4.35. The molecule has 0 unspecified atom stereocenters. The van der Waals surface area contributed by atoms with Crippen LogP contribution < -0.4 is 5.32 Å². The van der Waals surface area contributed by atoms with E-state index < -0.39 is 0 Å². The minimum absolute atomic E-state index is 0.827. The Bertz CT molecular complexity index is 695. The fourth-order valence-electron chi connectivity index (χ4n) is 1.89. The number of halogens is 1. The van der Waals surface area contributed by atoms with Gasteiger partial charge in [-0.25, -0.2) is 4.98 Å². The van der Waals surface area contributed by atoms with Gasteiger partial charge in [-0.3, -0.25) is 0 Å². The number of anilines is 2. The molecule has 0 radical (unpaired) electrons. The summed E-state index contributed by atoms with van der Waals surface area (Å²) in [5, 5.41) is 5.76. The number of aromatic nitrogens is 1. The van der Waals surface area contributed by atoms with E-state index in [1.54, 1.807) is 0 Å². The van der Waals surface area contributed by atoms with Gasteiger partial charge >= 0.3 is 0 Å². The van der Waals surface area contributed by atoms with Gasteiger partial charge in [0.15, 0.2) is 0 Å². The Morgan fingerprint density at radius 2 is 1.67 bits per heavy atom. The molecule has 3 heteroatoms. The number of hydrogen-bond acceptors (Lipinski definition) is 2. The normalized spacial score (nSPS) is 10.5. The highest BCUT2D eigenvalue weighted by atomic mass is 79.9. The van der Waals surface area contributed by atoms with Gasteiger partial charge < -0.3 is 5.32 Å². The second kappa shape index (κ2) is 4.78. The molecule has 18 heavy (non-hydrogen) atoms. The molecule has 1 aromatic heterocycles. The maximum atomic E-state index is 4.35. The number of nitrogens with one attached hydrogen (secondary N) is 1. The molecule has 3 aromatic rings. The molecule has 88 valence electrons. The van der Waals surface area contributed by atoms with E-state index in [9.17, 15) is 0 Å². The molecule has 0 saturated carbocycles. The first kappa shape index (κ1) is 11.2. The Labute approximate surface area is 114 Å². The fraction of sp³-hybridized carbons (Fsp3) is 0. The van der Waals surface area contributed by atoms with Crippen molar-refractivity contribution in [2.24, 2.45) is 0 Å². The summed E-state index contributed by atoms with van der Waals surface area (Å²) in [7, 11) is 0. The van der Waals surface area contributed by atoms with E-state index in [1.165, 1.54) is 10.8 Å². The van der Waals surface area contributed by atoms with E-state index >= 15 is 0 Å². The molecule has 0 saturated heterocycles. The molecule has 0 spiro atoms. The molecule has 0 fully saturated rings. The molecular weight excluding hydrogens is 288 g/mol. The van der Waals surface area contributed by atoms with Crippen LogP contribution in [0.3, 0.4) is 0 Å². The van der Waals surface area contributed by atoms with Gasteiger partial charge in [-0.2, -0.15) is 0 Å². The Balaban J connectivity index is 1.95. The third-order valence-electron chi connectivity index (χ3n) is 2.74. The highest BCUT2D eigenvalue weighted by Gasteiger charge is 1.98. The van der Waals surface area contributed by atoms with Crippen LogP contribution in [0.5, 0.6) is 0 Å². The largest absolute Gasteiger partial charge is 0.340 e. The van der Waals surface area contributed by atoms with E-state index in [0.717, 1.165) is 16.1 Å². The molecular formula is C15H11BrN2. The zero-order valence-electron chi connectivity index (χ0n) is 9.60. The predicted octanol–water partition coefficient (Wildman–Crippen LogP) is 4.74. The average molecular weight is 299 g/mol. The Morgan fingerprint density at radius 1 is 0.833 bits per heavy atom. The minimum atomic E-state index is 0.827. The molecule has 1 N–H and O–H groups in total. The predicted molar refractivity (Wildman–Crippen MR) is 79.2 cm³/mol. The lowest BCUT2D eigenvalue weighted by Gasteiger charge is -2.07. The highest BCUT2D eigenvalue weighted by Crippen LogP contribution is 2.22. The third-order valence-corrected chi connectivity index (χ3v) is 3.18. The van der Waals surface area contributed by atoms with Crippen LogP contribution in [-0.4, -0.2) is 4.98 Å². The molecule has 0 aliphatic rings. The van der Waals surface area contributed by atoms with Crippen molar-refractivity contribution < 1.29 is 0 Å². The van der Waals surface area contributed by atoms with Crippen molar-refractivity contribution >= 4 is 38.2 Å². The summed E-state index contributed by atoms with van der Waals surface area (Å²) in [4.78, 5) is 4.35. The summed E-state index contributed by atoms with van der Waals surface area (Å²) >= 11 is 3.36. The first-order valence-corrected chi connectivity index (χ1v) is 6.49. The van der Waals surface area contributed by atoms with Crippen molar-refractivity contribution in [3.63, 3.8) is 0 Å². The van der Waals surface area contributed by atoms with Crippen LogP contribution in [0.15, 0.2) is 65.3 Å². The van der Waals surface area contributed by atoms with Crippen LogP contribution >= 0.6 is 15.9 Å². The average Bonchev–Trinajstić information content (AvgIpc) is 2.39. The maximum Gasteiger partial charge on any atom is 0.131 e. The van der Waals surface area contributed by atoms with Gasteiger partial charge in [0.25, 0.3) is 0 Å². The van der Waals surface area contributed by atoms with Gasteiger partial charge in [0.2, 0.25) is 0 Å². The lowest BCUT2D eigenvalue weighted by molar-refractivity contribution is 1.27. The first-order chi connectivity index (χ1) is 8.81. The Morgan fingerprint density at radius 3 is 2.50 bits per heavy atom. The van der Waals surface area contributed by atoms with Gasteiger partial charge in [0, 0.05) is 5.69 Å².